The van der Waals surface area contributed by atoms with Gasteiger partial charge in [0.05, 0.1) is 61.9 Å². The van der Waals surface area contributed by atoms with Crippen molar-refractivity contribution in [1.29, 1.82) is 0 Å². The van der Waals surface area contributed by atoms with Crippen molar-refractivity contribution >= 4 is 29.4 Å². The van der Waals surface area contributed by atoms with Crippen molar-refractivity contribution in [3.05, 3.63) is 29.8 Å². The molecule has 312 valence electrons. The Kier molecular flexibility index (Phi) is 18.7. The van der Waals surface area contributed by atoms with E-state index in [0.29, 0.717) is 24.2 Å². The van der Waals surface area contributed by atoms with Crippen LogP contribution < -0.4 is 20.7 Å². The molecule has 1 saturated heterocycles. The zero-order valence-electron chi connectivity index (χ0n) is 35.7. The Morgan fingerprint density at radius 1 is 0.909 bits per heavy atom. The molecular formula is C41H69N5O9. The van der Waals surface area contributed by atoms with Crippen LogP contribution in [0, 0.1) is 23.7 Å². The van der Waals surface area contributed by atoms with Gasteiger partial charge in [-0.3, -0.25) is 24.0 Å². The molecule has 4 amide bonds. The van der Waals surface area contributed by atoms with E-state index in [0.717, 1.165) is 0 Å². The van der Waals surface area contributed by atoms with E-state index in [-0.39, 0.29) is 66.9 Å². The lowest BCUT2D eigenvalue weighted by Crippen LogP contribution is -2.60. The van der Waals surface area contributed by atoms with E-state index in [4.69, 9.17) is 18.9 Å². The topological polar surface area (TPSA) is 165 Å². The third-order valence-corrected chi connectivity index (χ3v) is 11.4. The molecule has 1 heterocycles. The van der Waals surface area contributed by atoms with Crippen molar-refractivity contribution < 1.29 is 42.9 Å². The van der Waals surface area contributed by atoms with Crippen molar-refractivity contribution in [3.8, 4) is 5.75 Å². The minimum Gasteiger partial charge on any atom is -0.497 e. The van der Waals surface area contributed by atoms with Crippen LogP contribution in [-0.2, 0) is 33.4 Å². The molecule has 3 N–H and O–H groups in total. The number of carbonyl (C=O) groups is 5. The molecule has 1 aromatic carbocycles. The lowest BCUT2D eigenvalue weighted by molar-refractivity contribution is -0.152. The highest BCUT2D eigenvalue weighted by Crippen LogP contribution is 2.39. The van der Waals surface area contributed by atoms with E-state index in [2.05, 4.69) is 16.0 Å². The highest BCUT2D eigenvalue weighted by Gasteiger charge is 2.53. The maximum absolute atomic E-state index is 14.5. The molecule has 2 rings (SSSR count). The fourth-order valence-corrected chi connectivity index (χ4v) is 7.96. The molecular weight excluding hydrogens is 706 g/mol. The van der Waals surface area contributed by atoms with Crippen LogP contribution in [0.15, 0.2) is 24.3 Å². The second-order valence-electron chi connectivity index (χ2n) is 15.8. The normalized spacial score (nSPS) is 20.9. The zero-order valence-corrected chi connectivity index (χ0v) is 35.7. The second kappa shape index (κ2) is 21.6. The largest absolute Gasteiger partial charge is 0.497 e. The number of likely N-dealkylation sites (tertiary alicyclic amines) is 1. The molecule has 1 aliphatic heterocycles. The number of nitrogens with zero attached hydrogens (tertiary/aromatic N) is 2. The summed E-state index contributed by atoms with van der Waals surface area (Å²) in [5.41, 5.74) is -0.532. The number of benzene rings is 1. The molecule has 14 nitrogen and oxygen atoms in total. The molecule has 0 aromatic heterocycles. The van der Waals surface area contributed by atoms with Gasteiger partial charge in [-0.15, -0.1) is 0 Å². The minimum absolute atomic E-state index is 0.0146. The molecule has 0 bridgehead atoms. The molecule has 0 spiro atoms. The first-order chi connectivity index (χ1) is 25.9. The van der Waals surface area contributed by atoms with Gasteiger partial charge < -0.3 is 44.7 Å². The number of nitrogens with one attached hydrogen (secondary N) is 3. The minimum atomic E-state index is -0.970. The van der Waals surface area contributed by atoms with Gasteiger partial charge >= 0.3 is 0 Å². The highest BCUT2D eigenvalue weighted by atomic mass is 16.5. The Balaban J connectivity index is 2.35. The van der Waals surface area contributed by atoms with Crippen LogP contribution in [0.25, 0.3) is 0 Å². The van der Waals surface area contributed by atoms with Crippen molar-refractivity contribution in [3.63, 3.8) is 0 Å². The molecule has 1 aliphatic rings. The van der Waals surface area contributed by atoms with Gasteiger partial charge in [-0.1, -0.05) is 54.9 Å². The molecule has 1 aromatic rings. The van der Waals surface area contributed by atoms with Gasteiger partial charge in [-0.2, -0.15) is 0 Å². The lowest BCUT2D eigenvalue weighted by atomic mass is 9.82. The molecule has 55 heavy (non-hydrogen) atoms. The predicted octanol–water partition coefficient (Wildman–Crippen LogP) is 3.31. The lowest BCUT2D eigenvalue weighted by Gasteiger charge is -2.44. The summed E-state index contributed by atoms with van der Waals surface area (Å²) in [6.45, 7) is 15.4. The standard InChI is InChI=1S/C41H69N5O9/c1-15-26(6)36(45(10)40(51)35(25(4)5)44-39(50)34(42-9)24(2)3)32(54-13)20-33(48)46-23-30(53-12)21-41(46,8)37(55-14)27(7)38(49)43-22-31(47)28-16-18-29(52-11)19-17-28/h16-19,24-27,30,32,34-37,42H,15,20-23H2,1-14H3,(H,43,49)(H,44,50)/t26?,27-,30-,32-,34+,35+,36+,37-,41+/m1/s1. The molecule has 0 saturated carbocycles. The van der Waals surface area contributed by atoms with E-state index in [1.165, 1.54) is 14.2 Å². The average Bonchev–Trinajstić information content (AvgIpc) is 3.51. The Morgan fingerprint density at radius 2 is 1.51 bits per heavy atom. The fraction of sp³-hybridized carbons (Fsp3) is 0.732. The fourth-order valence-electron chi connectivity index (χ4n) is 7.96. The maximum Gasteiger partial charge on any atom is 0.245 e. The van der Waals surface area contributed by atoms with Crippen molar-refractivity contribution in [2.45, 2.75) is 117 Å². The van der Waals surface area contributed by atoms with Gasteiger partial charge in [0.1, 0.15) is 11.8 Å². The van der Waals surface area contributed by atoms with E-state index in [9.17, 15) is 24.0 Å². The summed E-state index contributed by atoms with van der Waals surface area (Å²) in [5, 5.41) is 8.78. The predicted molar refractivity (Wildman–Crippen MR) is 212 cm³/mol. The number of amides is 4. The van der Waals surface area contributed by atoms with E-state index in [1.54, 1.807) is 69.3 Å². The quantitative estimate of drug-likeness (QED) is 0.149. The molecule has 1 fully saturated rings. The smallest absolute Gasteiger partial charge is 0.245 e. The number of hydrogen-bond acceptors (Lipinski definition) is 10. The van der Waals surface area contributed by atoms with Crippen LogP contribution >= 0.6 is 0 Å². The Hall–Kier alpha value is -3.59. The highest BCUT2D eigenvalue weighted by molar-refractivity contribution is 5.99. The molecule has 9 atom stereocenters. The molecule has 0 aliphatic carbocycles. The summed E-state index contributed by atoms with van der Waals surface area (Å²) in [5.74, 6) is -1.80. The first-order valence-corrected chi connectivity index (χ1v) is 19.4. The Labute approximate surface area is 329 Å². The van der Waals surface area contributed by atoms with Crippen LogP contribution in [0.4, 0.5) is 0 Å². The number of carbonyl (C=O) groups excluding carboxylic acids is 5. The van der Waals surface area contributed by atoms with Gasteiger partial charge in [0.2, 0.25) is 23.6 Å². The van der Waals surface area contributed by atoms with Crippen molar-refractivity contribution in [2.24, 2.45) is 23.7 Å². The zero-order chi connectivity index (χ0) is 41.8. The first kappa shape index (κ1) is 47.6. The number of ketones is 1. The Morgan fingerprint density at radius 3 is 1.98 bits per heavy atom. The molecule has 0 radical (unpaired) electrons. The summed E-state index contributed by atoms with van der Waals surface area (Å²) in [6.07, 6.45) is -0.728. The molecule has 14 heteroatoms. The van der Waals surface area contributed by atoms with E-state index < -0.39 is 47.7 Å². The van der Waals surface area contributed by atoms with Gasteiger partial charge in [0.15, 0.2) is 5.78 Å². The number of Topliss-reactive ketones (excluding diaryl/α,β-unsaturated/α-hetero) is 1. The third-order valence-electron chi connectivity index (χ3n) is 11.4. The summed E-state index contributed by atoms with van der Waals surface area (Å²) in [6, 6.07) is 4.88. The van der Waals surface area contributed by atoms with Gasteiger partial charge in [-0.25, -0.2) is 0 Å². The monoisotopic (exact) mass is 776 g/mol. The van der Waals surface area contributed by atoms with Crippen LogP contribution in [0.1, 0.15) is 85.0 Å². The number of rotatable bonds is 22. The summed E-state index contributed by atoms with van der Waals surface area (Å²) < 4.78 is 23.0. The van der Waals surface area contributed by atoms with Crippen LogP contribution in [-0.4, -0.2) is 137 Å². The van der Waals surface area contributed by atoms with Crippen LogP contribution in [0.5, 0.6) is 5.75 Å². The average molecular weight is 776 g/mol. The maximum atomic E-state index is 14.5. The van der Waals surface area contributed by atoms with Gasteiger partial charge in [0, 0.05) is 46.9 Å². The summed E-state index contributed by atoms with van der Waals surface area (Å²) in [4.78, 5) is 71.7. The van der Waals surface area contributed by atoms with E-state index in [1.807, 2.05) is 48.5 Å². The number of hydrogen-bond donors (Lipinski definition) is 3. The van der Waals surface area contributed by atoms with Crippen molar-refractivity contribution in [1.82, 2.24) is 25.8 Å². The number of methoxy groups -OCH3 is 4. The van der Waals surface area contributed by atoms with Crippen molar-refractivity contribution in [2.75, 3.05) is 55.6 Å². The number of ether oxygens (including phenoxy) is 4. The van der Waals surface area contributed by atoms with Crippen LogP contribution in [0.3, 0.4) is 0 Å². The molecule has 1 unspecified atom stereocenters. The summed E-state index contributed by atoms with van der Waals surface area (Å²) >= 11 is 0. The summed E-state index contributed by atoms with van der Waals surface area (Å²) in [7, 11) is 9.60. The second-order valence-corrected chi connectivity index (χ2v) is 15.8. The SMILES string of the molecule is CCC(C)[C@@H]([C@@H](CC(=O)N1C[C@H](OC)C[C@@]1(C)[C@H](OC)[C@@H](C)C(=O)NCC(=O)c1ccc(OC)cc1)OC)N(C)C(=O)[C@@H](NC(=O)[C@@H](NC)C(C)C)C(C)C. The van der Waals surface area contributed by atoms with Gasteiger partial charge in [0.25, 0.3) is 0 Å². The number of likely N-dealkylation sites (N-methyl/N-ethyl adjacent to an activating group) is 2. The van der Waals surface area contributed by atoms with Gasteiger partial charge in [-0.05, 0) is 56.0 Å². The van der Waals surface area contributed by atoms with Crippen LogP contribution in [0.2, 0.25) is 0 Å². The third kappa shape index (κ3) is 11.7. The first-order valence-electron chi connectivity index (χ1n) is 19.4. The Bertz CT molecular complexity index is 1420. The van der Waals surface area contributed by atoms with E-state index >= 15 is 0 Å².